The minimum absolute atomic E-state index is 0.411. The van der Waals surface area contributed by atoms with E-state index < -0.39 is 0 Å². The number of amides is 1. The van der Waals surface area contributed by atoms with Gasteiger partial charge in [-0.05, 0) is 57.0 Å². The van der Waals surface area contributed by atoms with Crippen molar-refractivity contribution in [2.45, 2.75) is 58.3 Å². The summed E-state index contributed by atoms with van der Waals surface area (Å²) in [7, 11) is 0. The zero-order chi connectivity index (χ0) is 13.5. The van der Waals surface area contributed by atoms with Gasteiger partial charge >= 0.3 is 0 Å². The molecule has 0 aromatic rings. The lowest BCUT2D eigenvalue weighted by molar-refractivity contribution is -0.133. The average molecular weight is 266 g/mol. The Labute approximate surface area is 118 Å². The summed E-state index contributed by atoms with van der Waals surface area (Å²) in [5, 5.41) is 3.39. The number of hydrogen-bond acceptors (Lipinski definition) is 2. The molecular weight excluding hydrogens is 236 g/mol. The van der Waals surface area contributed by atoms with Crippen LogP contribution in [0.3, 0.4) is 0 Å². The van der Waals surface area contributed by atoms with Crippen LogP contribution in [-0.4, -0.2) is 37.0 Å². The second-order valence-electron chi connectivity index (χ2n) is 6.34. The second kappa shape index (κ2) is 7.88. The maximum Gasteiger partial charge on any atom is 0.222 e. The van der Waals surface area contributed by atoms with E-state index in [9.17, 15) is 4.79 Å². The summed E-state index contributed by atoms with van der Waals surface area (Å²) in [5.41, 5.74) is 0. The van der Waals surface area contributed by atoms with Crippen molar-refractivity contribution in [1.29, 1.82) is 0 Å². The highest BCUT2D eigenvalue weighted by molar-refractivity contribution is 5.76. The Morgan fingerprint density at radius 1 is 1.05 bits per heavy atom. The lowest BCUT2D eigenvalue weighted by Gasteiger charge is -2.32. The van der Waals surface area contributed by atoms with Crippen molar-refractivity contribution >= 4 is 5.91 Å². The number of rotatable bonds is 5. The van der Waals surface area contributed by atoms with Crippen molar-refractivity contribution < 1.29 is 4.79 Å². The SMILES string of the molecule is CCCC1CCN(C(=O)CCC2CCNCC2)CC1. The van der Waals surface area contributed by atoms with E-state index in [1.165, 1.54) is 38.5 Å². The van der Waals surface area contributed by atoms with Gasteiger partial charge in [0.2, 0.25) is 5.91 Å². The lowest BCUT2D eigenvalue weighted by Crippen LogP contribution is -2.38. The number of nitrogens with one attached hydrogen (secondary N) is 1. The third kappa shape index (κ3) is 4.79. The third-order valence-corrected chi connectivity index (χ3v) is 4.89. The van der Waals surface area contributed by atoms with Gasteiger partial charge in [0.15, 0.2) is 0 Å². The molecule has 0 aromatic heterocycles. The number of hydrogen-bond donors (Lipinski definition) is 1. The fourth-order valence-electron chi connectivity index (χ4n) is 3.54. The van der Waals surface area contributed by atoms with E-state index in [-0.39, 0.29) is 0 Å². The fourth-order valence-corrected chi connectivity index (χ4v) is 3.54. The first-order chi connectivity index (χ1) is 9.29. The molecular formula is C16H30N2O. The van der Waals surface area contributed by atoms with Gasteiger partial charge < -0.3 is 10.2 Å². The molecule has 0 radical (unpaired) electrons. The molecule has 2 rings (SSSR count). The van der Waals surface area contributed by atoms with E-state index >= 15 is 0 Å². The predicted octanol–water partition coefficient (Wildman–Crippen LogP) is 2.80. The topological polar surface area (TPSA) is 32.3 Å². The van der Waals surface area contributed by atoms with Crippen LogP contribution in [0.15, 0.2) is 0 Å². The molecule has 3 nitrogen and oxygen atoms in total. The number of likely N-dealkylation sites (tertiary alicyclic amines) is 1. The molecule has 19 heavy (non-hydrogen) atoms. The molecule has 1 amide bonds. The molecule has 0 aliphatic carbocycles. The normalized spacial score (nSPS) is 22.7. The summed E-state index contributed by atoms with van der Waals surface area (Å²) >= 11 is 0. The minimum Gasteiger partial charge on any atom is -0.343 e. The molecule has 3 heteroatoms. The maximum absolute atomic E-state index is 12.2. The Kier molecular flexibility index (Phi) is 6.15. The van der Waals surface area contributed by atoms with Gasteiger partial charge in [0.25, 0.3) is 0 Å². The van der Waals surface area contributed by atoms with Crippen LogP contribution < -0.4 is 5.32 Å². The van der Waals surface area contributed by atoms with Crippen molar-refractivity contribution in [3.63, 3.8) is 0 Å². The summed E-state index contributed by atoms with van der Waals surface area (Å²) < 4.78 is 0. The van der Waals surface area contributed by atoms with Crippen LogP contribution in [-0.2, 0) is 4.79 Å². The van der Waals surface area contributed by atoms with Crippen molar-refractivity contribution in [2.75, 3.05) is 26.2 Å². The molecule has 2 saturated heterocycles. The molecule has 0 aromatic carbocycles. The first-order valence-corrected chi connectivity index (χ1v) is 8.28. The third-order valence-electron chi connectivity index (χ3n) is 4.89. The van der Waals surface area contributed by atoms with Crippen LogP contribution in [0.25, 0.3) is 0 Å². The standard InChI is InChI=1S/C16H30N2O/c1-2-3-14-8-12-18(13-9-14)16(19)5-4-15-6-10-17-11-7-15/h14-15,17H,2-13H2,1H3. The molecule has 2 heterocycles. The Balaban J connectivity index is 1.63. The highest BCUT2D eigenvalue weighted by Gasteiger charge is 2.23. The van der Waals surface area contributed by atoms with Gasteiger partial charge in [-0.2, -0.15) is 0 Å². The summed E-state index contributed by atoms with van der Waals surface area (Å²) in [4.78, 5) is 14.3. The predicted molar refractivity (Wildman–Crippen MR) is 79.0 cm³/mol. The first kappa shape index (κ1) is 14.8. The zero-order valence-corrected chi connectivity index (χ0v) is 12.5. The molecule has 0 spiro atoms. The Bertz CT molecular complexity index is 266. The molecule has 1 N–H and O–H groups in total. The molecule has 2 fully saturated rings. The van der Waals surface area contributed by atoms with E-state index in [0.29, 0.717) is 5.91 Å². The van der Waals surface area contributed by atoms with Crippen molar-refractivity contribution in [2.24, 2.45) is 11.8 Å². The van der Waals surface area contributed by atoms with Crippen LogP contribution in [0.4, 0.5) is 0 Å². The molecule has 110 valence electrons. The van der Waals surface area contributed by atoms with Crippen LogP contribution in [0.2, 0.25) is 0 Å². The first-order valence-electron chi connectivity index (χ1n) is 8.28. The fraction of sp³-hybridized carbons (Fsp3) is 0.938. The molecule has 2 aliphatic rings. The number of carbonyl (C=O) groups is 1. The van der Waals surface area contributed by atoms with E-state index in [1.807, 2.05) is 0 Å². The highest BCUT2D eigenvalue weighted by Crippen LogP contribution is 2.23. The van der Waals surface area contributed by atoms with Crippen molar-refractivity contribution in [3.05, 3.63) is 0 Å². The van der Waals surface area contributed by atoms with Gasteiger partial charge in [0.05, 0.1) is 0 Å². The molecule has 2 aliphatic heterocycles. The summed E-state index contributed by atoms with van der Waals surface area (Å²) in [6.07, 6.45) is 9.49. The molecule has 0 saturated carbocycles. The van der Waals surface area contributed by atoms with Gasteiger partial charge in [-0.25, -0.2) is 0 Å². The molecule has 0 bridgehead atoms. The summed E-state index contributed by atoms with van der Waals surface area (Å²) in [6, 6.07) is 0. The van der Waals surface area contributed by atoms with Gasteiger partial charge in [-0.1, -0.05) is 19.8 Å². The Morgan fingerprint density at radius 3 is 2.32 bits per heavy atom. The Hall–Kier alpha value is -0.570. The largest absolute Gasteiger partial charge is 0.343 e. The van der Waals surface area contributed by atoms with E-state index in [1.54, 1.807) is 0 Å². The van der Waals surface area contributed by atoms with Crippen LogP contribution in [0, 0.1) is 11.8 Å². The number of piperidine rings is 2. The molecule has 0 atom stereocenters. The maximum atomic E-state index is 12.2. The van der Waals surface area contributed by atoms with Crippen molar-refractivity contribution in [3.8, 4) is 0 Å². The van der Waals surface area contributed by atoms with E-state index in [4.69, 9.17) is 0 Å². The average Bonchev–Trinajstić information content (AvgIpc) is 2.47. The van der Waals surface area contributed by atoms with Crippen LogP contribution >= 0.6 is 0 Å². The number of carbonyl (C=O) groups excluding carboxylic acids is 1. The van der Waals surface area contributed by atoms with Gasteiger partial charge in [-0.3, -0.25) is 4.79 Å². The number of nitrogens with zero attached hydrogens (tertiary/aromatic N) is 1. The second-order valence-corrected chi connectivity index (χ2v) is 6.34. The smallest absolute Gasteiger partial charge is 0.222 e. The minimum atomic E-state index is 0.411. The Morgan fingerprint density at radius 2 is 1.68 bits per heavy atom. The highest BCUT2D eigenvalue weighted by atomic mass is 16.2. The summed E-state index contributed by atoms with van der Waals surface area (Å²) in [5.74, 6) is 2.06. The lowest BCUT2D eigenvalue weighted by atomic mass is 9.91. The van der Waals surface area contributed by atoms with Crippen LogP contribution in [0.5, 0.6) is 0 Å². The van der Waals surface area contributed by atoms with Gasteiger partial charge in [0, 0.05) is 19.5 Å². The van der Waals surface area contributed by atoms with Gasteiger partial charge in [-0.15, -0.1) is 0 Å². The van der Waals surface area contributed by atoms with E-state index in [0.717, 1.165) is 50.9 Å². The summed E-state index contributed by atoms with van der Waals surface area (Å²) in [6.45, 7) is 6.56. The molecule has 0 unspecified atom stereocenters. The zero-order valence-electron chi connectivity index (χ0n) is 12.5. The van der Waals surface area contributed by atoms with Crippen molar-refractivity contribution in [1.82, 2.24) is 10.2 Å². The van der Waals surface area contributed by atoms with E-state index in [2.05, 4.69) is 17.1 Å². The quantitative estimate of drug-likeness (QED) is 0.830. The monoisotopic (exact) mass is 266 g/mol. The van der Waals surface area contributed by atoms with Gasteiger partial charge in [0.1, 0.15) is 0 Å². The van der Waals surface area contributed by atoms with Crippen LogP contribution in [0.1, 0.15) is 58.3 Å².